The van der Waals surface area contributed by atoms with Gasteiger partial charge in [-0.1, -0.05) is 47.8 Å². The van der Waals surface area contributed by atoms with E-state index in [-0.39, 0.29) is 6.04 Å². The Bertz CT molecular complexity index is 473. The van der Waals surface area contributed by atoms with Crippen LogP contribution in [-0.2, 0) is 0 Å². The fourth-order valence-electron chi connectivity index (χ4n) is 2.83. The number of hydrogen-bond donors (Lipinski definition) is 1. The number of likely N-dealkylation sites (tertiary alicyclic amines) is 1. The largest absolute Gasteiger partial charge is 0.310 e. The van der Waals surface area contributed by atoms with Crippen LogP contribution in [0, 0.1) is 5.92 Å². The van der Waals surface area contributed by atoms with Gasteiger partial charge < -0.3 is 10.2 Å². The summed E-state index contributed by atoms with van der Waals surface area (Å²) >= 11 is 18.4. The van der Waals surface area contributed by atoms with E-state index < -0.39 is 0 Å². The number of benzene rings is 1. The van der Waals surface area contributed by atoms with Crippen LogP contribution < -0.4 is 5.32 Å². The van der Waals surface area contributed by atoms with E-state index in [4.69, 9.17) is 34.8 Å². The molecule has 1 fully saturated rings. The normalized spacial score (nSPS) is 18.9. The quantitative estimate of drug-likeness (QED) is 0.725. The number of rotatable bonds is 6. The first kappa shape index (κ1) is 17.4. The van der Waals surface area contributed by atoms with E-state index in [0.29, 0.717) is 21.0 Å². The molecule has 0 bridgehead atoms. The summed E-state index contributed by atoms with van der Waals surface area (Å²) < 4.78 is 0. The number of hydrogen-bond acceptors (Lipinski definition) is 2. The highest BCUT2D eigenvalue weighted by Gasteiger charge is 2.17. The average Bonchev–Trinajstić information content (AvgIpc) is 2.95. The number of nitrogens with one attached hydrogen (secondary N) is 1. The summed E-state index contributed by atoms with van der Waals surface area (Å²) in [5.41, 5.74) is 0.999. The summed E-state index contributed by atoms with van der Waals surface area (Å²) in [6.07, 6.45) is 2.69. The summed E-state index contributed by atoms with van der Waals surface area (Å²) in [5.74, 6) is 0.618. The maximum absolute atomic E-state index is 6.28. The van der Waals surface area contributed by atoms with Crippen LogP contribution in [0.5, 0.6) is 0 Å². The summed E-state index contributed by atoms with van der Waals surface area (Å²) in [7, 11) is 0. The van der Waals surface area contributed by atoms with Gasteiger partial charge in [0.1, 0.15) is 0 Å². The van der Waals surface area contributed by atoms with E-state index in [1.807, 2.05) is 6.07 Å². The first-order chi connectivity index (χ1) is 9.99. The molecule has 0 aromatic heterocycles. The molecule has 2 nitrogen and oxygen atoms in total. The van der Waals surface area contributed by atoms with Gasteiger partial charge in [0.25, 0.3) is 0 Å². The van der Waals surface area contributed by atoms with Crippen molar-refractivity contribution < 1.29 is 0 Å². The maximum atomic E-state index is 6.28. The van der Waals surface area contributed by atoms with E-state index in [0.717, 1.165) is 18.7 Å². The number of halogens is 3. The molecule has 0 amide bonds. The molecule has 2 atom stereocenters. The highest BCUT2D eigenvalue weighted by atomic mass is 35.5. The van der Waals surface area contributed by atoms with Gasteiger partial charge in [-0.25, -0.2) is 0 Å². The zero-order valence-electron chi connectivity index (χ0n) is 12.6. The predicted molar refractivity (Wildman–Crippen MR) is 92.7 cm³/mol. The van der Waals surface area contributed by atoms with Crippen molar-refractivity contribution in [1.82, 2.24) is 10.2 Å². The summed E-state index contributed by atoms with van der Waals surface area (Å²) in [6.45, 7) is 9.02. The lowest BCUT2D eigenvalue weighted by atomic mass is 10.1. The molecule has 1 aromatic carbocycles. The van der Waals surface area contributed by atoms with E-state index in [1.54, 1.807) is 6.07 Å². The van der Waals surface area contributed by atoms with Gasteiger partial charge in [0.2, 0.25) is 0 Å². The molecule has 0 spiro atoms. The molecular formula is C16H23Cl3N2. The second kappa shape index (κ2) is 8.03. The van der Waals surface area contributed by atoms with Crippen molar-refractivity contribution in [2.24, 2.45) is 5.92 Å². The smallest absolute Gasteiger partial charge is 0.0781 e. The van der Waals surface area contributed by atoms with E-state index in [1.165, 1.54) is 25.9 Å². The first-order valence-corrected chi connectivity index (χ1v) is 8.71. The fourth-order valence-corrected chi connectivity index (χ4v) is 3.54. The van der Waals surface area contributed by atoms with Crippen molar-refractivity contribution in [2.75, 3.05) is 26.2 Å². The molecule has 1 aromatic rings. The highest BCUT2D eigenvalue weighted by molar-refractivity contribution is 6.48. The van der Waals surface area contributed by atoms with Gasteiger partial charge >= 0.3 is 0 Å². The topological polar surface area (TPSA) is 15.3 Å². The third-order valence-corrected chi connectivity index (χ3v) is 5.38. The third kappa shape index (κ3) is 4.74. The molecule has 2 unspecified atom stereocenters. The van der Waals surface area contributed by atoms with E-state index in [9.17, 15) is 0 Å². The van der Waals surface area contributed by atoms with Crippen molar-refractivity contribution in [1.29, 1.82) is 0 Å². The molecule has 2 rings (SSSR count). The monoisotopic (exact) mass is 348 g/mol. The Morgan fingerprint density at radius 2 is 1.76 bits per heavy atom. The maximum Gasteiger partial charge on any atom is 0.0781 e. The first-order valence-electron chi connectivity index (χ1n) is 7.58. The van der Waals surface area contributed by atoms with Crippen LogP contribution in [0.2, 0.25) is 15.1 Å². The van der Waals surface area contributed by atoms with Crippen LogP contribution >= 0.6 is 34.8 Å². The van der Waals surface area contributed by atoms with Crippen molar-refractivity contribution >= 4 is 34.8 Å². The summed E-state index contributed by atoms with van der Waals surface area (Å²) in [4.78, 5) is 2.54. The van der Waals surface area contributed by atoms with Crippen LogP contribution in [-0.4, -0.2) is 31.1 Å². The Balaban J connectivity index is 1.86. The second-order valence-electron chi connectivity index (χ2n) is 6.01. The highest BCUT2D eigenvalue weighted by Crippen LogP contribution is 2.35. The molecule has 1 N–H and O–H groups in total. The predicted octanol–water partition coefficient (Wildman–Crippen LogP) is 5.03. The zero-order chi connectivity index (χ0) is 15.4. The molecule has 5 heteroatoms. The van der Waals surface area contributed by atoms with Gasteiger partial charge in [-0.3, -0.25) is 0 Å². The van der Waals surface area contributed by atoms with Crippen molar-refractivity contribution in [2.45, 2.75) is 32.7 Å². The molecule has 118 valence electrons. The van der Waals surface area contributed by atoms with E-state index >= 15 is 0 Å². The molecule has 0 aliphatic carbocycles. The van der Waals surface area contributed by atoms with Gasteiger partial charge in [0.15, 0.2) is 0 Å². The van der Waals surface area contributed by atoms with Crippen LogP contribution in [0.4, 0.5) is 0 Å². The van der Waals surface area contributed by atoms with Crippen LogP contribution in [0.1, 0.15) is 38.3 Å². The molecule has 0 saturated carbocycles. The minimum absolute atomic E-state index is 0.160. The molecule has 21 heavy (non-hydrogen) atoms. The SMILES string of the molecule is CC(CNC(C)c1ccc(Cl)c(Cl)c1Cl)CN1CCCC1. The molecule has 1 heterocycles. The third-order valence-electron chi connectivity index (χ3n) is 4.07. The molecule has 0 radical (unpaired) electrons. The average molecular weight is 350 g/mol. The van der Waals surface area contributed by atoms with Crippen LogP contribution in [0.3, 0.4) is 0 Å². The van der Waals surface area contributed by atoms with Crippen molar-refractivity contribution in [3.63, 3.8) is 0 Å². The standard InChI is InChI=1S/C16H23Cl3N2/c1-11(10-21-7-3-4-8-21)9-20-12(2)13-5-6-14(17)16(19)15(13)18/h5-6,11-12,20H,3-4,7-10H2,1-2H3. The Kier molecular flexibility index (Phi) is 6.64. The van der Waals surface area contributed by atoms with Crippen LogP contribution in [0.25, 0.3) is 0 Å². The Labute approximate surface area is 142 Å². The Morgan fingerprint density at radius 1 is 1.10 bits per heavy atom. The summed E-state index contributed by atoms with van der Waals surface area (Å²) in [5, 5.41) is 5.04. The lowest BCUT2D eigenvalue weighted by Gasteiger charge is -2.23. The van der Waals surface area contributed by atoms with Gasteiger partial charge in [-0.2, -0.15) is 0 Å². The van der Waals surface area contributed by atoms with Gasteiger partial charge in [-0.05, 0) is 56.9 Å². The Hall–Kier alpha value is 0.01000. The fraction of sp³-hybridized carbons (Fsp3) is 0.625. The van der Waals surface area contributed by atoms with Crippen molar-refractivity contribution in [3.8, 4) is 0 Å². The van der Waals surface area contributed by atoms with Gasteiger partial charge in [0.05, 0.1) is 15.1 Å². The van der Waals surface area contributed by atoms with Gasteiger partial charge in [0, 0.05) is 12.6 Å². The summed E-state index contributed by atoms with van der Waals surface area (Å²) in [6, 6.07) is 3.91. The Morgan fingerprint density at radius 3 is 2.43 bits per heavy atom. The lowest BCUT2D eigenvalue weighted by Crippen LogP contribution is -2.32. The molecular weight excluding hydrogens is 327 g/mol. The molecule has 1 saturated heterocycles. The second-order valence-corrected chi connectivity index (χ2v) is 7.17. The zero-order valence-corrected chi connectivity index (χ0v) is 14.9. The number of nitrogens with zero attached hydrogens (tertiary/aromatic N) is 1. The van der Waals surface area contributed by atoms with Crippen molar-refractivity contribution in [3.05, 3.63) is 32.8 Å². The minimum Gasteiger partial charge on any atom is -0.310 e. The molecule has 1 aliphatic heterocycles. The van der Waals surface area contributed by atoms with E-state index in [2.05, 4.69) is 24.1 Å². The molecule has 1 aliphatic rings. The van der Waals surface area contributed by atoms with Gasteiger partial charge in [-0.15, -0.1) is 0 Å². The lowest BCUT2D eigenvalue weighted by molar-refractivity contribution is 0.279. The van der Waals surface area contributed by atoms with Crippen LogP contribution in [0.15, 0.2) is 12.1 Å². The minimum atomic E-state index is 0.160.